The van der Waals surface area contributed by atoms with Gasteiger partial charge in [-0.05, 0) is 50.2 Å². The van der Waals surface area contributed by atoms with Gasteiger partial charge in [0.15, 0.2) is 11.2 Å². The van der Waals surface area contributed by atoms with Crippen molar-refractivity contribution in [3.05, 3.63) is 76.1 Å². The van der Waals surface area contributed by atoms with Crippen molar-refractivity contribution < 1.29 is 32.2 Å². The van der Waals surface area contributed by atoms with Crippen molar-refractivity contribution in [2.24, 2.45) is 7.05 Å². The predicted molar refractivity (Wildman–Crippen MR) is 144 cm³/mol. The lowest BCUT2D eigenvalue weighted by atomic mass is 9.93. The molecule has 0 radical (unpaired) electrons. The van der Waals surface area contributed by atoms with Gasteiger partial charge in [-0.1, -0.05) is 23.7 Å². The fourth-order valence-electron chi connectivity index (χ4n) is 4.84. The number of hydrogen-bond acceptors (Lipinski definition) is 8. The van der Waals surface area contributed by atoms with Crippen LogP contribution >= 0.6 is 11.6 Å². The molecule has 0 unspecified atom stereocenters. The number of hydrogen-bond donors (Lipinski definition) is 0. The molecule has 0 aliphatic carbocycles. The summed E-state index contributed by atoms with van der Waals surface area (Å²) < 4.78 is 56.9. The molecule has 9 nitrogen and oxygen atoms in total. The normalized spacial score (nSPS) is 14.5. The van der Waals surface area contributed by atoms with E-state index >= 15 is 0 Å². The fourth-order valence-corrected chi connectivity index (χ4v) is 5.00. The summed E-state index contributed by atoms with van der Waals surface area (Å²) >= 11 is 5.82. The smallest absolute Gasteiger partial charge is 0.388 e. The zero-order valence-electron chi connectivity index (χ0n) is 22.3. The van der Waals surface area contributed by atoms with Crippen LogP contribution in [-0.2, 0) is 24.9 Å². The highest BCUT2D eigenvalue weighted by atomic mass is 35.5. The van der Waals surface area contributed by atoms with Gasteiger partial charge >= 0.3 is 12.6 Å². The summed E-state index contributed by atoms with van der Waals surface area (Å²) in [5, 5.41) is 0.323. The van der Waals surface area contributed by atoms with E-state index in [4.69, 9.17) is 21.1 Å². The number of imidazole rings is 1. The molecule has 1 fully saturated rings. The molecule has 0 N–H and O–H groups in total. The number of fused-ring (bicyclic) bond motifs is 1. The van der Waals surface area contributed by atoms with Crippen molar-refractivity contribution >= 4 is 28.6 Å². The number of halogens is 4. The Balaban J connectivity index is 1.24. The van der Waals surface area contributed by atoms with E-state index in [9.17, 15) is 18.0 Å². The van der Waals surface area contributed by atoms with Gasteiger partial charge in [-0.15, -0.1) is 0 Å². The summed E-state index contributed by atoms with van der Waals surface area (Å²) in [5.74, 6) is -0.383. The van der Waals surface area contributed by atoms with Gasteiger partial charge in [-0.2, -0.15) is 8.78 Å². The van der Waals surface area contributed by atoms with Gasteiger partial charge < -0.3 is 18.8 Å². The van der Waals surface area contributed by atoms with Gasteiger partial charge in [0, 0.05) is 35.3 Å². The molecule has 41 heavy (non-hydrogen) atoms. The SMILES string of the molecule is COC(=O)c1cc2c(nc(CN3CCC(c4cccc(OCc5ccc(Cl)cc5F)n4)CC3)n2C)c(OC(F)F)n1. The third-order valence-corrected chi connectivity index (χ3v) is 7.27. The van der Waals surface area contributed by atoms with Crippen LogP contribution in [-0.4, -0.2) is 57.2 Å². The summed E-state index contributed by atoms with van der Waals surface area (Å²) in [6.07, 6.45) is 1.67. The van der Waals surface area contributed by atoms with E-state index in [-0.39, 0.29) is 23.7 Å². The standard InChI is InChI=1S/C28H27ClF3N5O4/c1-36-22-13-21(27(38)39-2)34-26(41-28(31)32)25(22)35-23(36)14-37-10-8-16(9-11-37)20-4-3-5-24(33-20)40-15-17-6-7-18(29)12-19(17)30/h3-7,12-13,16,28H,8-11,14-15H2,1-2H3. The first-order chi connectivity index (χ1) is 19.7. The number of rotatable bonds is 9. The van der Waals surface area contributed by atoms with Gasteiger partial charge in [0.25, 0.3) is 0 Å². The molecule has 1 aromatic carbocycles. The summed E-state index contributed by atoms with van der Waals surface area (Å²) in [5.41, 5.74) is 1.71. The minimum atomic E-state index is -3.13. The van der Waals surface area contributed by atoms with Gasteiger partial charge in [-0.25, -0.2) is 24.1 Å². The summed E-state index contributed by atoms with van der Waals surface area (Å²) in [7, 11) is 2.93. The molecule has 0 atom stereocenters. The highest BCUT2D eigenvalue weighted by molar-refractivity contribution is 6.30. The Morgan fingerprint density at radius 3 is 2.61 bits per heavy atom. The third-order valence-electron chi connectivity index (χ3n) is 7.03. The predicted octanol–water partition coefficient (Wildman–Crippen LogP) is 5.50. The number of piperidine rings is 1. The molecular weight excluding hydrogens is 563 g/mol. The molecule has 13 heteroatoms. The molecule has 0 bridgehead atoms. The molecule has 1 aliphatic rings. The largest absolute Gasteiger partial charge is 0.473 e. The number of nitrogens with zero attached hydrogens (tertiary/aromatic N) is 5. The topological polar surface area (TPSA) is 91.6 Å². The third kappa shape index (κ3) is 6.54. The van der Waals surface area contributed by atoms with E-state index in [1.807, 2.05) is 12.1 Å². The van der Waals surface area contributed by atoms with Crippen LogP contribution in [0.4, 0.5) is 13.2 Å². The highest BCUT2D eigenvalue weighted by Crippen LogP contribution is 2.31. The van der Waals surface area contributed by atoms with Crippen LogP contribution in [0.25, 0.3) is 11.0 Å². The van der Waals surface area contributed by atoms with Crippen LogP contribution in [0.1, 0.15) is 46.3 Å². The Bertz CT molecular complexity index is 1560. The number of carbonyl (C=O) groups excluding carboxylic acids is 1. The Kier molecular flexibility index (Phi) is 8.60. The molecule has 1 saturated heterocycles. The van der Waals surface area contributed by atoms with E-state index in [0.29, 0.717) is 34.4 Å². The molecule has 4 aromatic rings. The maximum absolute atomic E-state index is 14.1. The molecular formula is C28H27ClF3N5O4. The van der Waals surface area contributed by atoms with E-state index < -0.39 is 24.3 Å². The van der Waals surface area contributed by atoms with Crippen molar-refractivity contribution in [1.82, 2.24) is 24.4 Å². The van der Waals surface area contributed by atoms with Crippen LogP contribution < -0.4 is 9.47 Å². The van der Waals surface area contributed by atoms with E-state index in [0.717, 1.165) is 31.6 Å². The molecule has 0 amide bonds. The van der Waals surface area contributed by atoms with Gasteiger partial charge in [0.05, 0.1) is 19.2 Å². The molecule has 0 saturated carbocycles. The average Bonchev–Trinajstić information content (AvgIpc) is 3.27. The number of ether oxygens (including phenoxy) is 3. The summed E-state index contributed by atoms with van der Waals surface area (Å²) in [6.45, 7) is -1.12. The second-order valence-electron chi connectivity index (χ2n) is 9.61. The zero-order valence-corrected chi connectivity index (χ0v) is 23.1. The van der Waals surface area contributed by atoms with Gasteiger partial charge in [0.2, 0.25) is 11.8 Å². The highest BCUT2D eigenvalue weighted by Gasteiger charge is 2.25. The number of aryl methyl sites for hydroxylation is 1. The number of alkyl halides is 2. The Morgan fingerprint density at radius 2 is 1.90 bits per heavy atom. The molecule has 5 rings (SSSR count). The number of carbonyl (C=O) groups is 1. The van der Waals surface area contributed by atoms with Gasteiger partial charge in [-0.3, -0.25) is 4.90 Å². The lowest BCUT2D eigenvalue weighted by Gasteiger charge is -2.31. The zero-order chi connectivity index (χ0) is 29.1. The summed E-state index contributed by atoms with van der Waals surface area (Å²) in [6, 6.07) is 11.5. The fraction of sp³-hybridized carbons (Fsp3) is 0.357. The number of pyridine rings is 2. The Morgan fingerprint density at radius 1 is 1.12 bits per heavy atom. The molecule has 3 aromatic heterocycles. The van der Waals surface area contributed by atoms with Crippen molar-refractivity contribution in [3.8, 4) is 11.8 Å². The first-order valence-corrected chi connectivity index (χ1v) is 13.2. The quantitative estimate of drug-likeness (QED) is 0.236. The van der Waals surface area contributed by atoms with E-state index in [1.54, 1.807) is 29.8 Å². The Labute approximate surface area is 238 Å². The molecule has 0 spiro atoms. The first-order valence-electron chi connectivity index (χ1n) is 12.9. The second-order valence-corrected chi connectivity index (χ2v) is 10.0. The molecule has 4 heterocycles. The number of methoxy groups -OCH3 is 1. The Hall–Kier alpha value is -3.90. The average molecular weight is 590 g/mol. The number of benzene rings is 1. The first kappa shape index (κ1) is 28.6. The molecule has 1 aliphatic heterocycles. The van der Waals surface area contributed by atoms with E-state index in [2.05, 4.69) is 24.6 Å². The lowest BCUT2D eigenvalue weighted by Crippen LogP contribution is -2.33. The summed E-state index contributed by atoms with van der Waals surface area (Å²) in [4.78, 5) is 27.3. The molecule has 216 valence electrons. The second kappa shape index (κ2) is 12.3. The van der Waals surface area contributed by atoms with Crippen LogP contribution in [0.5, 0.6) is 11.8 Å². The van der Waals surface area contributed by atoms with Crippen molar-refractivity contribution in [2.45, 2.75) is 38.5 Å². The van der Waals surface area contributed by atoms with Gasteiger partial charge in [0.1, 0.15) is 18.2 Å². The van der Waals surface area contributed by atoms with Crippen LogP contribution in [0.3, 0.4) is 0 Å². The minimum absolute atomic E-state index is 0.0383. The van der Waals surface area contributed by atoms with Crippen LogP contribution in [0.15, 0.2) is 42.5 Å². The van der Waals surface area contributed by atoms with Crippen molar-refractivity contribution in [1.29, 1.82) is 0 Å². The van der Waals surface area contributed by atoms with Crippen molar-refractivity contribution in [2.75, 3.05) is 20.2 Å². The van der Waals surface area contributed by atoms with Crippen molar-refractivity contribution in [3.63, 3.8) is 0 Å². The minimum Gasteiger partial charge on any atom is -0.473 e. The van der Waals surface area contributed by atoms with Crippen LogP contribution in [0.2, 0.25) is 5.02 Å². The van der Waals surface area contributed by atoms with E-state index in [1.165, 1.54) is 19.2 Å². The lowest BCUT2D eigenvalue weighted by molar-refractivity contribution is -0.0520. The maximum Gasteiger partial charge on any atom is 0.388 e. The number of aromatic nitrogens is 4. The maximum atomic E-state index is 14.1. The number of likely N-dealkylation sites (tertiary alicyclic amines) is 1. The van der Waals surface area contributed by atoms with Crippen LogP contribution in [0, 0.1) is 5.82 Å². The number of esters is 1. The monoisotopic (exact) mass is 589 g/mol.